The van der Waals surface area contributed by atoms with Gasteiger partial charge in [0.15, 0.2) is 6.79 Å². The van der Waals surface area contributed by atoms with E-state index in [-0.39, 0.29) is 11.7 Å². The lowest BCUT2D eigenvalue weighted by Crippen LogP contribution is -2.07. The van der Waals surface area contributed by atoms with Crippen LogP contribution in [0.25, 0.3) is 11.1 Å². The Bertz CT molecular complexity index is 841. The van der Waals surface area contributed by atoms with E-state index in [2.05, 4.69) is 13.8 Å². The first-order valence-electron chi connectivity index (χ1n) is 8.06. The van der Waals surface area contributed by atoms with Crippen LogP contribution in [0, 0.1) is 12.8 Å². The SMILES string of the molecule is COCOc1cccc(-c2c(S(=O)(=O)O)ccc(C)c2CC(C)C)c1. The smallest absolute Gasteiger partial charge is 0.295 e. The molecule has 25 heavy (non-hydrogen) atoms. The molecule has 2 rings (SSSR count). The molecular weight excluding hydrogens is 340 g/mol. The van der Waals surface area contributed by atoms with Crippen LogP contribution in [0.1, 0.15) is 25.0 Å². The molecule has 1 N–H and O–H groups in total. The zero-order valence-electron chi connectivity index (χ0n) is 14.9. The molecular formula is C19H24O5S. The molecule has 0 atom stereocenters. The molecule has 2 aromatic carbocycles. The lowest BCUT2D eigenvalue weighted by atomic mass is 9.90. The topological polar surface area (TPSA) is 72.8 Å². The van der Waals surface area contributed by atoms with Crippen molar-refractivity contribution in [3.8, 4) is 16.9 Å². The van der Waals surface area contributed by atoms with E-state index < -0.39 is 10.1 Å². The van der Waals surface area contributed by atoms with Crippen LogP contribution < -0.4 is 4.74 Å². The maximum Gasteiger partial charge on any atom is 0.295 e. The third-order valence-corrected chi connectivity index (χ3v) is 4.76. The van der Waals surface area contributed by atoms with Gasteiger partial charge in [-0.2, -0.15) is 8.42 Å². The highest BCUT2D eigenvalue weighted by Crippen LogP contribution is 2.36. The van der Waals surface area contributed by atoms with E-state index in [1.54, 1.807) is 24.3 Å². The number of ether oxygens (including phenoxy) is 2. The van der Waals surface area contributed by atoms with Crippen LogP contribution in [0.3, 0.4) is 0 Å². The van der Waals surface area contributed by atoms with E-state index in [9.17, 15) is 13.0 Å². The Kier molecular flexibility index (Phi) is 6.21. The normalized spacial score (nSPS) is 11.8. The predicted molar refractivity (Wildman–Crippen MR) is 97.5 cm³/mol. The van der Waals surface area contributed by atoms with Crippen LogP contribution in [0.4, 0.5) is 0 Å². The molecule has 0 bridgehead atoms. The predicted octanol–water partition coefficient (Wildman–Crippen LogP) is 4.09. The van der Waals surface area contributed by atoms with Gasteiger partial charge < -0.3 is 9.47 Å². The summed E-state index contributed by atoms with van der Waals surface area (Å²) in [7, 11) is -2.82. The molecule has 0 fully saturated rings. The van der Waals surface area contributed by atoms with Crippen molar-refractivity contribution in [3.63, 3.8) is 0 Å². The van der Waals surface area contributed by atoms with Gasteiger partial charge >= 0.3 is 0 Å². The van der Waals surface area contributed by atoms with E-state index in [0.717, 1.165) is 11.1 Å². The molecule has 0 saturated carbocycles. The maximum absolute atomic E-state index is 11.9. The molecule has 0 aliphatic rings. The number of methoxy groups -OCH3 is 1. The third-order valence-electron chi connectivity index (χ3n) is 3.87. The van der Waals surface area contributed by atoms with E-state index in [0.29, 0.717) is 29.2 Å². The molecule has 0 unspecified atom stereocenters. The summed E-state index contributed by atoms with van der Waals surface area (Å²) in [5.41, 5.74) is 3.10. The average Bonchev–Trinajstić information content (AvgIpc) is 2.53. The molecule has 2 aromatic rings. The molecule has 0 heterocycles. The Labute approximate surface area is 149 Å². The van der Waals surface area contributed by atoms with Crippen LogP contribution in [0.15, 0.2) is 41.3 Å². The highest BCUT2D eigenvalue weighted by Gasteiger charge is 2.22. The number of aryl methyl sites for hydroxylation is 1. The van der Waals surface area contributed by atoms with E-state index in [1.165, 1.54) is 13.2 Å². The number of rotatable bonds is 7. The molecule has 0 radical (unpaired) electrons. The quantitative estimate of drug-likeness (QED) is 0.592. The minimum absolute atomic E-state index is 0.0855. The number of hydrogen-bond acceptors (Lipinski definition) is 4. The number of benzene rings is 2. The van der Waals surface area contributed by atoms with Crippen molar-refractivity contribution in [2.75, 3.05) is 13.9 Å². The fourth-order valence-electron chi connectivity index (χ4n) is 2.80. The molecule has 0 aromatic heterocycles. The van der Waals surface area contributed by atoms with Crippen LogP contribution in [-0.2, 0) is 21.3 Å². The summed E-state index contributed by atoms with van der Waals surface area (Å²) < 4.78 is 44.0. The van der Waals surface area contributed by atoms with Gasteiger partial charge in [-0.3, -0.25) is 4.55 Å². The standard InChI is InChI=1S/C19H24O5S/c1-13(2)10-17-14(3)8-9-18(25(20,21)22)19(17)15-6-5-7-16(11-15)24-12-23-4/h5-9,11,13H,10,12H2,1-4H3,(H,20,21,22). The van der Waals surface area contributed by atoms with E-state index in [4.69, 9.17) is 9.47 Å². The minimum atomic E-state index is -4.35. The number of hydrogen-bond donors (Lipinski definition) is 1. The molecule has 0 aliphatic carbocycles. The van der Waals surface area contributed by atoms with E-state index in [1.807, 2.05) is 13.0 Å². The molecule has 0 spiro atoms. The second-order valence-corrected chi connectivity index (χ2v) is 7.78. The largest absolute Gasteiger partial charge is 0.468 e. The van der Waals surface area contributed by atoms with Crippen molar-refractivity contribution in [2.24, 2.45) is 5.92 Å². The first-order chi connectivity index (χ1) is 11.7. The third kappa shape index (κ3) is 4.81. The molecule has 0 amide bonds. The Hall–Kier alpha value is -1.89. The first-order valence-corrected chi connectivity index (χ1v) is 9.50. The summed E-state index contributed by atoms with van der Waals surface area (Å²) >= 11 is 0. The van der Waals surface area contributed by atoms with Crippen LogP contribution in [0.2, 0.25) is 0 Å². The minimum Gasteiger partial charge on any atom is -0.468 e. The molecule has 0 saturated heterocycles. The maximum atomic E-state index is 11.9. The van der Waals surface area contributed by atoms with Crippen LogP contribution >= 0.6 is 0 Å². The van der Waals surface area contributed by atoms with Crippen molar-refractivity contribution in [2.45, 2.75) is 32.1 Å². The molecule has 6 heteroatoms. The van der Waals surface area contributed by atoms with Gasteiger partial charge in [-0.25, -0.2) is 0 Å². The summed E-state index contributed by atoms with van der Waals surface area (Å²) in [5, 5.41) is 0. The second-order valence-electron chi connectivity index (χ2n) is 6.39. The van der Waals surface area contributed by atoms with Crippen molar-refractivity contribution in [1.29, 1.82) is 0 Å². The monoisotopic (exact) mass is 364 g/mol. The van der Waals surface area contributed by atoms with Gasteiger partial charge in [-0.15, -0.1) is 0 Å². The van der Waals surface area contributed by atoms with Gasteiger partial charge in [-0.1, -0.05) is 32.0 Å². The van der Waals surface area contributed by atoms with Crippen molar-refractivity contribution >= 4 is 10.1 Å². The summed E-state index contributed by atoms with van der Waals surface area (Å²) in [6.07, 6.45) is 0.702. The summed E-state index contributed by atoms with van der Waals surface area (Å²) in [6.45, 7) is 6.18. The van der Waals surface area contributed by atoms with Crippen molar-refractivity contribution in [3.05, 3.63) is 47.5 Å². The molecule has 136 valence electrons. The highest BCUT2D eigenvalue weighted by atomic mass is 32.2. The highest BCUT2D eigenvalue weighted by molar-refractivity contribution is 7.86. The van der Waals surface area contributed by atoms with Gasteiger partial charge in [0.2, 0.25) is 0 Å². The molecule has 0 aliphatic heterocycles. The van der Waals surface area contributed by atoms with Gasteiger partial charge in [0.1, 0.15) is 10.6 Å². The van der Waals surface area contributed by atoms with Crippen LogP contribution in [-0.4, -0.2) is 26.9 Å². The zero-order chi connectivity index (χ0) is 18.6. The van der Waals surface area contributed by atoms with Gasteiger partial charge in [0, 0.05) is 12.7 Å². The Morgan fingerprint density at radius 1 is 1.16 bits per heavy atom. The fraction of sp³-hybridized carbons (Fsp3) is 0.368. The lowest BCUT2D eigenvalue weighted by molar-refractivity contribution is 0.0511. The van der Waals surface area contributed by atoms with Gasteiger partial charge in [0.25, 0.3) is 10.1 Å². The summed E-state index contributed by atoms with van der Waals surface area (Å²) in [6, 6.07) is 10.3. The van der Waals surface area contributed by atoms with Gasteiger partial charge in [-0.05, 0) is 54.2 Å². The molecule has 5 nitrogen and oxygen atoms in total. The van der Waals surface area contributed by atoms with Crippen molar-refractivity contribution < 1.29 is 22.4 Å². The van der Waals surface area contributed by atoms with Crippen molar-refractivity contribution in [1.82, 2.24) is 0 Å². The second kappa shape index (κ2) is 7.99. The van der Waals surface area contributed by atoms with Crippen LogP contribution in [0.5, 0.6) is 5.75 Å². The summed E-state index contributed by atoms with van der Waals surface area (Å²) in [4.78, 5) is -0.0855. The fourth-order valence-corrected chi connectivity index (χ4v) is 3.54. The van der Waals surface area contributed by atoms with Gasteiger partial charge in [0.05, 0.1) is 0 Å². The first kappa shape index (κ1) is 19.4. The Morgan fingerprint density at radius 3 is 2.48 bits per heavy atom. The average molecular weight is 364 g/mol. The lowest BCUT2D eigenvalue weighted by Gasteiger charge is -2.18. The summed E-state index contributed by atoms with van der Waals surface area (Å²) in [5.74, 6) is 0.902. The zero-order valence-corrected chi connectivity index (χ0v) is 15.8. The Morgan fingerprint density at radius 2 is 1.88 bits per heavy atom. The Balaban J connectivity index is 2.71. The van der Waals surface area contributed by atoms with E-state index >= 15 is 0 Å².